The highest BCUT2D eigenvalue weighted by Gasteiger charge is 2.48. The maximum atomic E-state index is 16.0. The summed E-state index contributed by atoms with van der Waals surface area (Å²) >= 11 is 0.704. The number of H-pyrrole nitrogens is 1. The van der Waals surface area contributed by atoms with E-state index in [0.717, 1.165) is 4.90 Å². The van der Waals surface area contributed by atoms with Gasteiger partial charge in [0.05, 0.1) is 12.3 Å². The third-order valence-corrected chi connectivity index (χ3v) is 26.5. The van der Waals surface area contributed by atoms with Crippen molar-refractivity contribution in [1.29, 1.82) is 0 Å². The van der Waals surface area contributed by atoms with Gasteiger partial charge in [0.25, 0.3) is 0 Å². The smallest absolute Gasteiger partial charge is 0.246 e. The minimum absolute atomic E-state index is 0.0327. The number of aromatic nitrogens is 1. The molecule has 7 aromatic rings. The quantitative estimate of drug-likeness (QED) is 0.0451. The molecule has 4 fully saturated rings. The SMILES string of the molecule is CCCC[C@H]1C(=O)N2CCC[C@@H]2C(=O)N2CCNC[C@H]2C(=O)N[C@@H](C(C)C)C(=O)N(C)[C@@H](Cc2ccccc2)C(=O)N[C@@H](Cc2ccc(O)cc2)C(=O)N2CCCC[C@@H]2C(=O)N[C@@H](Cc2c[nH]c3ccccc23)C(=O)N[C@@H](Cc2ccc(O)cc2)C(=O)N[C@@H](CC(C)C)C(=O)N[C@@H](C(=O)NCC(N)=O)CSCC(=O)N[C@@H](Cc2cc(F)c(F)c(F)c2)C(=O)N(C)[C@H](Cc2ccccc2)C(=O)N1C. The van der Waals surface area contributed by atoms with Crippen molar-refractivity contribution >= 4 is 111 Å². The number of carbonyl (C=O) groups is 15. The molecule has 0 unspecified atom stereocenters. The van der Waals surface area contributed by atoms with E-state index in [-0.39, 0.29) is 108 Å². The number of carbonyl (C=O) groups excluding carboxylic acids is 15. The Morgan fingerprint density at radius 1 is 0.489 bits per heavy atom. The van der Waals surface area contributed by atoms with Crippen LogP contribution in [-0.2, 0) is 110 Å². The highest BCUT2D eigenvalue weighted by Crippen LogP contribution is 2.30. The number of piperazine rings is 1. The molecule has 0 radical (unpaired) electrons. The van der Waals surface area contributed by atoms with E-state index < -0.39 is 221 Å². The number of nitrogens with one attached hydrogen (secondary N) is 10. The zero-order valence-corrected chi connectivity index (χ0v) is 79.0. The summed E-state index contributed by atoms with van der Waals surface area (Å²) in [5, 5.41) is 46.8. The number of halogens is 3. The average molecular weight is 1910 g/mol. The number of nitrogens with two attached hydrogens (primary N) is 1. The number of primary amides is 1. The fourth-order valence-electron chi connectivity index (χ4n) is 17.9. The normalized spacial score (nSPS) is 23.9. The van der Waals surface area contributed by atoms with Gasteiger partial charge in [0.2, 0.25) is 88.6 Å². The van der Waals surface area contributed by atoms with Gasteiger partial charge < -0.3 is 98.2 Å². The van der Waals surface area contributed by atoms with Crippen LogP contribution >= 0.6 is 11.8 Å². The first-order chi connectivity index (χ1) is 65.5. The van der Waals surface area contributed by atoms with Gasteiger partial charge in [-0.05, 0) is 133 Å². The van der Waals surface area contributed by atoms with Gasteiger partial charge in [-0.15, -0.1) is 11.8 Å². The molecule has 13 atom stereocenters. The number of benzene rings is 6. The molecule has 15 amide bonds. The number of phenolic OH excluding ortho intramolecular Hbond substituents is 2. The van der Waals surface area contributed by atoms with Gasteiger partial charge in [-0.2, -0.15) is 0 Å². The van der Waals surface area contributed by atoms with Gasteiger partial charge in [-0.25, -0.2) is 13.2 Å². The van der Waals surface area contributed by atoms with Crippen LogP contribution in [0.4, 0.5) is 13.2 Å². The van der Waals surface area contributed by atoms with E-state index in [1.165, 1.54) is 82.0 Å². The summed E-state index contributed by atoms with van der Waals surface area (Å²) in [5.74, 6) is -20.5. The predicted octanol–water partition coefficient (Wildman–Crippen LogP) is 4.04. The number of likely N-dealkylation sites (N-methyl/N-ethyl adjacent to an activating group) is 3. The second-order valence-electron chi connectivity index (χ2n) is 36.3. The molecule has 14 N–H and O–H groups in total. The number of para-hydroxylation sites is 1. The van der Waals surface area contributed by atoms with Gasteiger partial charge in [-0.3, -0.25) is 71.9 Å². The van der Waals surface area contributed by atoms with Crippen LogP contribution in [0.1, 0.15) is 126 Å². The largest absolute Gasteiger partial charge is 0.508 e. The van der Waals surface area contributed by atoms with Crippen molar-refractivity contribution in [3.8, 4) is 11.5 Å². The molecule has 6 aromatic carbocycles. The molecule has 34 nitrogen and oxygen atoms in total. The van der Waals surface area contributed by atoms with Gasteiger partial charge >= 0.3 is 0 Å². The van der Waals surface area contributed by atoms with E-state index in [9.17, 15) is 29.0 Å². The minimum Gasteiger partial charge on any atom is -0.508 e. The Morgan fingerprint density at radius 3 is 1.62 bits per heavy atom. The van der Waals surface area contributed by atoms with Crippen LogP contribution in [0.5, 0.6) is 11.5 Å². The Hall–Kier alpha value is -13.4. The zero-order valence-electron chi connectivity index (χ0n) is 78.2. The first-order valence-corrected chi connectivity index (χ1v) is 47.6. The molecular weight excluding hydrogens is 1790 g/mol. The van der Waals surface area contributed by atoms with Crippen LogP contribution in [-0.4, -0.2) is 284 Å². The molecule has 0 bridgehead atoms. The number of amides is 15. The number of piperidine rings is 1. The second kappa shape index (κ2) is 48.9. The van der Waals surface area contributed by atoms with Crippen LogP contribution in [0.2, 0.25) is 0 Å². The maximum absolute atomic E-state index is 16.0. The number of hydrogen-bond donors (Lipinski definition) is 13. The molecule has 1 aromatic heterocycles. The molecular formula is C99H124F3N17O17S. The Bertz CT molecular complexity index is 5450. The number of hydrogen-bond acceptors (Lipinski definition) is 19. The molecule has 137 heavy (non-hydrogen) atoms. The van der Waals surface area contributed by atoms with Crippen LogP contribution in [0.15, 0.2) is 152 Å². The molecule has 4 aliphatic rings. The topological polar surface area (TPSA) is 466 Å². The minimum atomic E-state index is -1.84. The lowest BCUT2D eigenvalue weighted by Crippen LogP contribution is -2.65. The van der Waals surface area contributed by atoms with Crippen molar-refractivity contribution < 1.29 is 95.3 Å². The number of fused-ring (bicyclic) bond motifs is 4. The average Bonchev–Trinajstić information content (AvgIpc) is 0.831. The van der Waals surface area contributed by atoms with Crippen molar-refractivity contribution in [2.24, 2.45) is 17.6 Å². The summed E-state index contributed by atoms with van der Waals surface area (Å²) in [5.41, 5.74) is 8.25. The Balaban J connectivity index is 0.991. The molecule has 0 saturated carbocycles. The third-order valence-electron chi connectivity index (χ3n) is 25.4. The van der Waals surface area contributed by atoms with E-state index in [1.807, 2.05) is 6.92 Å². The molecule has 0 aliphatic carbocycles. The molecule has 11 rings (SSSR count). The van der Waals surface area contributed by atoms with Crippen molar-refractivity contribution in [3.05, 3.63) is 203 Å². The summed E-state index contributed by atoms with van der Waals surface area (Å²) in [7, 11) is 4.00. The molecule has 734 valence electrons. The van der Waals surface area contributed by atoms with Crippen molar-refractivity contribution in [2.75, 3.05) is 71.9 Å². The number of unbranched alkanes of at least 4 members (excludes halogenated alkanes) is 1. The first-order valence-electron chi connectivity index (χ1n) is 46.5. The first kappa shape index (κ1) is 104. The summed E-state index contributed by atoms with van der Waals surface area (Å²) in [6, 6.07) is 17.8. The van der Waals surface area contributed by atoms with Gasteiger partial charge in [0.1, 0.15) is 90.0 Å². The van der Waals surface area contributed by atoms with Crippen LogP contribution in [0.25, 0.3) is 10.9 Å². The van der Waals surface area contributed by atoms with Crippen LogP contribution in [0, 0.1) is 29.3 Å². The maximum Gasteiger partial charge on any atom is 0.246 e. The number of thioether (sulfide) groups is 1. The number of phenols is 2. The number of aromatic hydroxyl groups is 2. The number of nitrogens with zero attached hydrogens (tertiary/aromatic N) is 6. The lowest BCUT2D eigenvalue weighted by Gasteiger charge is -2.41. The lowest BCUT2D eigenvalue weighted by atomic mass is 9.96. The third kappa shape index (κ3) is 27.7. The Kier molecular flexibility index (Phi) is 37.1. The van der Waals surface area contributed by atoms with Gasteiger partial charge in [-0.1, -0.05) is 151 Å². The molecule has 0 spiro atoms. The van der Waals surface area contributed by atoms with Crippen molar-refractivity contribution in [3.63, 3.8) is 0 Å². The molecule has 38 heteroatoms. The fraction of sp³-hybridized carbons (Fsp3) is 0.465. The van der Waals surface area contributed by atoms with E-state index >= 15 is 66.3 Å². The summed E-state index contributed by atoms with van der Waals surface area (Å²) in [6.07, 6.45) is 1.75. The molecule has 4 saturated heterocycles. The highest BCUT2D eigenvalue weighted by atomic mass is 32.2. The van der Waals surface area contributed by atoms with E-state index in [2.05, 4.69) is 52.8 Å². The number of aromatic amines is 1. The van der Waals surface area contributed by atoms with E-state index in [1.54, 1.807) is 131 Å². The van der Waals surface area contributed by atoms with Crippen molar-refractivity contribution in [1.82, 2.24) is 82.2 Å². The van der Waals surface area contributed by atoms with E-state index in [0.29, 0.717) is 94.7 Å². The van der Waals surface area contributed by atoms with E-state index in [4.69, 9.17) is 5.73 Å². The molecule has 4 aliphatic heterocycles. The van der Waals surface area contributed by atoms with Gasteiger partial charge in [0.15, 0.2) is 17.5 Å². The summed E-state index contributed by atoms with van der Waals surface area (Å²) in [4.78, 5) is 239. The zero-order chi connectivity index (χ0) is 99.0. The summed E-state index contributed by atoms with van der Waals surface area (Å²) < 4.78 is 45.3. The fourth-order valence-corrected chi connectivity index (χ4v) is 18.7. The summed E-state index contributed by atoms with van der Waals surface area (Å²) in [6.45, 7) is 7.97. The molecule has 5 heterocycles. The Labute approximate surface area is 797 Å². The van der Waals surface area contributed by atoms with Crippen LogP contribution < -0.4 is 53.6 Å². The van der Waals surface area contributed by atoms with Gasteiger partial charge in [0, 0.05) is 115 Å². The standard InChI is InChI=1S/C99H124F3N17O17S/c1-9-10-28-78-97(134)118-41-21-30-79(118)98(135)119-42-39-104-53-82(119)93(130)113-86(58(4)5)99(136)115(7)80(49-59-22-13-11-14-23-59)92(129)111-75(47-62-33-37-66(121)38-34-62)95(132)117-40-20-19-29-77(117)91(128)110-73(51-64-52-105-70-27-18-17-26-67(64)70)90(127)109-72(46-61-31-35-65(120)36-32-61)89(126)108-71(43-57(2)3)88(125)112-76(87(124)106-54-83(103)122)55-137-56-84(123)107-74(48-63-44-68(100)85(102)69(101)45-63)94(131)116(8)81(96(133)114(78)6)50-60-24-15-12-16-25-60/h11-18,22-27,31-38,44-45,52,57-58,71-82,86,104-105,120-121H,9-10,19-21,28-30,39-43,46-51,53-56H2,1-8H3,(H2,103,122)(H,106,124)(H,107,123)(H,108,126)(H,109,127)(H,110,128)(H,111,129)(H,112,125)(H,113,130)/t71-,72-,73-,74-,75-,76+,77+,78-,79+,80-,81+,82-,86-/m0/s1. The number of rotatable bonds is 21. The highest BCUT2D eigenvalue weighted by molar-refractivity contribution is 8.00. The predicted molar refractivity (Wildman–Crippen MR) is 505 cm³/mol. The monoisotopic (exact) mass is 1910 g/mol. The van der Waals surface area contributed by atoms with Crippen molar-refractivity contribution in [2.45, 2.75) is 209 Å². The lowest BCUT2D eigenvalue weighted by molar-refractivity contribution is -0.155. The van der Waals surface area contributed by atoms with Crippen LogP contribution in [0.3, 0.4) is 0 Å². The second-order valence-corrected chi connectivity index (χ2v) is 37.3. The Morgan fingerprint density at radius 2 is 1.00 bits per heavy atom.